The predicted molar refractivity (Wildman–Crippen MR) is 45.1 cm³/mol. The topological polar surface area (TPSA) is 0 Å². The predicted octanol–water partition coefficient (Wildman–Crippen LogP) is 4.62. The van der Waals surface area contributed by atoms with Crippen LogP contribution in [0.2, 0.25) is 0 Å². The minimum absolute atomic E-state index is 0.0903. The molecule has 0 unspecified atom stereocenters. The van der Waals surface area contributed by atoms with Gasteiger partial charge in [-0.05, 0) is 12.8 Å². The minimum Gasteiger partial charge on any atom is -0.200 e. The molecule has 0 saturated carbocycles. The zero-order chi connectivity index (χ0) is 13.0. The summed E-state index contributed by atoms with van der Waals surface area (Å²) in [4.78, 5) is 0. The first-order chi connectivity index (χ1) is 7.06. The van der Waals surface area contributed by atoms with Gasteiger partial charge in [-0.2, -0.15) is 30.7 Å². The van der Waals surface area contributed by atoms with Crippen LogP contribution in [0.1, 0.15) is 25.7 Å². The van der Waals surface area contributed by atoms with Crippen molar-refractivity contribution in [2.24, 2.45) is 0 Å². The van der Waals surface area contributed by atoms with Crippen LogP contribution in [0.3, 0.4) is 0 Å². The molecule has 0 nitrogen and oxygen atoms in total. The van der Waals surface area contributed by atoms with Gasteiger partial charge in [0.25, 0.3) is 0 Å². The standard InChI is InChI=1S/C8H10ClF7/c9-5-3-1-2-4-6(10,11)7(12,13)8(14,15)16/h1-5H2. The Hall–Kier alpha value is -0.200. The molecule has 0 aliphatic carbocycles. The molecule has 0 aliphatic rings. The summed E-state index contributed by atoms with van der Waals surface area (Å²) in [5.41, 5.74) is 0. The van der Waals surface area contributed by atoms with E-state index >= 15 is 0 Å². The van der Waals surface area contributed by atoms with Crippen molar-refractivity contribution in [3.05, 3.63) is 0 Å². The molecule has 0 spiro atoms. The van der Waals surface area contributed by atoms with Crippen LogP contribution in [0.4, 0.5) is 30.7 Å². The van der Waals surface area contributed by atoms with Gasteiger partial charge in [0.15, 0.2) is 0 Å². The molecule has 0 N–H and O–H groups in total. The Morgan fingerprint density at radius 2 is 1.25 bits per heavy atom. The van der Waals surface area contributed by atoms with Gasteiger partial charge < -0.3 is 0 Å². The number of hydrogen-bond donors (Lipinski definition) is 0. The number of alkyl halides is 8. The Kier molecular flexibility index (Phi) is 5.35. The molecule has 0 fully saturated rings. The molecule has 0 saturated heterocycles. The quantitative estimate of drug-likeness (QED) is 0.377. The second kappa shape index (κ2) is 5.42. The average Bonchev–Trinajstić information content (AvgIpc) is 2.10. The molecule has 0 radical (unpaired) electrons. The van der Waals surface area contributed by atoms with E-state index in [1.54, 1.807) is 0 Å². The molecule has 0 aliphatic heterocycles. The Morgan fingerprint density at radius 3 is 1.62 bits per heavy atom. The number of unbranched alkanes of at least 4 members (excludes halogenated alkanes) is 2. The fourth-order valence-corrected chi connectivity index (χ4v) is 1.17. The lowest BCUT2D eigenvalue weighted by Crippen LogP contribution is -2.51. The van der Waals surface area contributed by atoms with E-state index in [2.05, 4.69) is 0 Å². The normalized spacial score (nSPS) is 14.2. The first-order valence-electron chi connectivity index (χ1n) is 4.44. The smallest absolute Gasteiger partial charge is 0.200 e. The van der Waals surface area contributed by atoms with Crippen molar-refractivity contribution < 1.29 is 30.7 Å². The zero-order valence-corrected chi connectivity index (χ0v) is 8.82. The lowest BCUT2D eigenvalue weighted by Gasteiger charge is -2.28. The van der Waals surface area contributed by atoms with Crippen LogP contribution in [-0.2, 0) is 0 Å². The van der Waals surface area contributed by atoms with Gasteiger partial charge in [0.1, 0.15) is 0 Å². The van der Waals surface area contributed by atoms with Crippen LogP contribution < -0.4 is 0 Å². The molecule has 0 aromatic heterocycles. The van der Waals surface area contributed by atoms with Crippen LogP contribution >= 0.6 is 11.6 Å². The third-order valence-corrected chi connectivity index (χ3v) is 2.21. The summed E-state index contributed by atoms with van der Waals surface area (Å²) < 4.78 is 84.8. The lowest BCUT2D eigenvalue weighted by atomic mass is 10.0. The molecule has 0 aromatic carbocycles. The Balaban J connectivity index is 4.41. The largest absolute Gasteiger partial charge is 0.459 e. The first-order valence-corrected chi connectivity index (χ1v) is 4.98. The van der Waals surface area contributed by atoms with Crippen molar-refractivity contribution in [2.45, 2.75) is 43.7 Å². The van der Waals surface area contributed by atoms with Gasteiger partial charge in [-0.25, -0.2) is 0 Å². The van der Waals surface area contributed by atoms with E-state index in [0.717, 1.165) is 0 Å². The summed E-state index contributed by atoms with van der Waals surface area (Å²) in [5.74, 6) is -10.9. The van der Waals surface area contributed by atoms with E-state index < -0.39 is 30.9 Å². The van der Waals surface area contributed by atoms with Crippen molar-refractivity contribution in [2.75, 3.05) is 5.88 Å². The molecular weight excluding hydrogens is 265 g/mol. The van der Waals surface area contributed by atoms with Crippen LogP contribution in [0.15, 0.2) is 0 Å². The second-order valence-electron chi connectivity index (χ2n) is 3.28. The number of halogens is 8. The van der Waals surface area contributed by atoms with Crippen molar-refractivity contribution >= 4 is 11.6 Å². The second-order valence-corrected chi connectivity index (χ2v) is 3.65. The van der Waals surface area contributed by atoms with Gasteiger partial charge in [0.2, 0.25) is 0 Å². The molecule has 98 valence electrons. The summed E-state index contributed by atoms with van der Waals surface area (Å²) in [6.07, 6.45) is -7.77. The van der Waals surface area contributed by atoms with Crippen LogP contribution in [0.25, 0.3) is 0 Å². The maximum atomic E-state index is 12.6. The zero-order valence-electron chi connectivity index (χ0n) is 8.06. The molecule has 0 bridgehead atoms. The Morgan fingerprint density at radius 1 is 0.750 bits per heavy atom. The van der Waals surface area contributed by atoms with E-state index in [4.69, 9.17) is 11.6 Å². The van der Waals surface area contributed by atoms with Crippen molar-refractivity contribution in [3.63, 3.8) is 0 Å². The summed E-state index contributed by atoms with van der Waals surface area (Å²) in [6, 6.07) is 0. The minimum atomic E-state index is -6.23. The highest BCUT2D eigenvalue weighted by Crippen LogP contribution is 2.48. The van der Waals surface area contributed by atoms with E-state index in [-0.39, 0.29) is 12.3 Å². The summed E-state index contributed by atoms with van der Waals surface area (Å²) in [7, 11) is 0. The molecule has 0 amide bonds. The molecule has 0 atom stereocenters. The van der Waals surface area contributed by atoms with Gasteiger partial charge in [0, 0.05) is 12.3 Å². The van der Waals surface area contributed by atoms with Crippen LogP contribution in [0.5, 0.6) is 0 Å². The van der Waals surface area contributed by atoms with Crippen LogP contribution in [-0.4, -0.2) is 23.9 Å². The number of hydrogen-bond acceptors (Lipinski definition) is 0. The third-order valence-electron chi connectivity index (χ3n) is 1.94. The molecular formula is C8H10ClF7. The summed E-state index contributed by atoms with van der Waals surface area (Å²) >= 11 is 5.20. The fourth-order valence-electron chi connectivity index (χ4n) is 0.983. The van der Waals surface area contributed by atoms with Crippen LogP contribution in [0, 0.1) is 0 Å². The summed E-state index contributed by atoms with van der Waals surface area (Å²) in [5, 5.41) is 0. The van der Waals surface area contributed by atoms with Crippen molar-refractivity contribution in [1.29, 1.82) is 0 Å². The first kappa shape index (κ1) is 15.8. The van der Waals surface area contributed by atoms with E-state index in [1.165, 1.54) is 0 Å². The highest BCUT2D eigenvalue weighted by molar-refractivity contribution is 6.17. The molecule has 0 rings (SSSR count). The van der Waals surface area contributed by atoms with Gasteiger partial charge in [0.05, 0.1) is 0 Å². The van der Waals surface area contributed by atoms with E-state index in [9.17, 15) is 30.7 Å². The molecule has 0 heterocycles. The van der Waals surface area contributed by atoms with E-state index in [0.29, 0.717) is 6.42 Å². The monoisotopic (exact) mass is 274 g/mol. The van der Waals surface area contributed by atoms with E-state index in [1.807, 2.05) is 0 Å². The Labute approximate surface area is 92.8 Å². The van der Waals surface area contributed by atoms with Gasteiger partial charge in [-0.3, -0.25) is 0 Å². The average molecular weight is 275 g/mol. The van der Waals surface area contributed by atoms with Crippen molar-refractivity contribution in [1.82, 2.24) is 0 Å². The molecule has 8 heteroatoms. The maximum absolute atomic E-state index is 12.6. The highest BCUT2D eigenvalue weighted by atomic mass is 35.5. The van der Waals surface area contributed by atoms with Gasteiger partial charge in [-0.15, -0.1) is 11.6 Å². The fraction of sp³-hybridized carbons (Fsp3) is 1.00. The van der Waals surface area contributed by atoms with Crippen molar-refractivity contribution in [3.8, 4) is 0 Å². The number of rotatable bonds is 6. The SMILES string of the molecule is FC(F)(F)C(F)(F)C(F)(F)CCCCCCl. The Bertz CT molecular complexity index is 211. The molecule has 16 heavy (non-hydrogen) atoms. The van der Waals surface area contributed by atoms with Gasteiger partial charge >= 0.3 is 18.0 Å². The van der Waals surface area contributed by atoms with Gasteiger partial charge in [-0.1, -0.05) is 6.42 Å². The lowest BCUT2D eigenvalue weighted by molar-refractivity contribution is -0.355. The molecule has 0 aromatic rings. The highest BCUT2D eigenvalue weighted by Gasteiger charge is 2.72. The summed E-state index contributed by atoms with van der Waals surface area (Å²) in [6.45, 7) is 0. The third kappa shape index (κ3) is 3.68. The maximum Gasteiger partial charge on any atom is 0.459 e.